The van der Waals surface area contributed by atoms with Crippen molar-refractivity contribution in [3.63, 3.8) is 0 Å². The molecule has 8 amide bonds. The number of primary amides is 1. The Morgan fingerprint density at radius 3 is 1.26 bits per heavy atom. The summed E-state index contributed by atoms with van der Waals surface area (Å²) in [4.78, 5) is 129. The predicted molar refractivity (Wildman–Crippen MR) is 363 cm³/mol. The first-order valence-corrected chi connectivity index (χ1v) is 33.3. The van der Waals surface area contributed by atoms with Gasteiger partial charge in [0.15, 0.2) is 11.9 Å². The van der Waals surface area contributed by atoms with Crippen molar-refractivity contribution in [3.05, 3.63) is 72.1 Å². The van der Waals surface area contributed by atoms with Gasteiger partial charge in [-0.2, -0.15) is 0 Å². The van der Waals surface area contributed by atoms with E-state index in [2.05, 4.69) is 64.1 Å². The van der Waals surface area contributed by atoms with E-state index in [1.54, 1.807) is 19.3 Å². The molecule has 0 unspecified atom stereocenters. The van der Waals surface area contributed by atoms with Crippen LogP contribution in [0.3, 0.4) is 0 Å². The monoisotopic (exact) mass is 1280 g/mol. The van der Waals surface area contributed by atoms with Crippen molar-refractivity contribution in [2.75, 3.05) is 26.2 Å². The number of nitrogens with one attached hydrogen (secondary N) is 9. The van der Waals surface area contributed by atoms with E-state index in [0.29, 0.717) is 62.6 Å². The molecule has 2 aromatic carbocycles. The number of aliphatic imine (C=N–C) groups is 2. The number of aromatic amines is 2. The smallest absolute Gasteiger partial charge is 0.243 e. The lowest BCUT2D eigenvalue weighted by molar-refractivity contribution is -0.136. The highest BCUT2D eigenvalue weighted by Crippen LogP contribution is 2.23. The Kier molecular flexibility index (Phi) is 35.4. The number of amides is 8. The lowest BCUT2D eigenvalue weighted by atomic mass is 9.96. The maximum atomic E-state index is 15.1. The van der Waals surface area contributed by atoms with Crippen LogP contribution in [0, 0.1) is 5.92 Å². The maximum absolute atomic E-state index is 15.1. The van der Waals surface area contributed by atoms with Gasteiger partial charge in [0.1, 0.15) is 42.3 Å². The van der Waals surface area contributed by atoms with Crippen LogP contribution in [0.5, 0.6) is 0 Å². The molecule has 2 aromatic heterocycles. The molecule has 4 aromatic rings. The van der Waals surface area contributed by atoms with Crippen LogP contribution in [-0.4, -0.2) is 138 Å². The predicted octanol–water partition coefficient (Wildman–Crippen LogP) is 3.43. The van der Waals surface area contributed by atoms with Gasteiger partial charge >= 0.3 is 0 Å². The molecule has 0 fully saturated rings. The van der Waals surface area contributed by atoms with Gasteiger partial charge in [0.2, 0.25) is 47.3 Å². The average molecular weight is 1280 g/mol. The summed E-state index contributed by atoms with van der Waals surface area (Å²) in [5.74, 6) is -6.11. The molecule has 26 nitrogen and oxygen atoms in total. The minimum Gasteiger partial charge on any atom is -0.370 e. The highest BCUT2D eigenvalue weighted by Gasteiger charge is 2.36. The summed E-state index contributed by atoms with van der Waals surface area (Å²) in [5.41, 5.74) is 42.7. The maximum Gasteiger partial charge on any atom is 0.243 e. The number of H-pyrrole nitrogens is 2. The lowest BCUT2D eigenvalue weighted by Gasteiger charge is -2.29. The van der Waals surface area contributed by atoms with Crippen LogP contribution in [0.25, 0.3) is 21.8 Å². The van der Waals surface area contributed by atoms with Crippen LogP contribution in [0.2, 0.25) is 0 Å². The SMILES string of the molecule is CCCCCCCCCCCCCC(=O)N[C@@H](CCCCN)C(=O)N[C@H](C(=O)N[C@@H](CCCCN)C(=O)N[C@@H](CCCN=C(N)N)C(=O)N[C@@H](Cc1c[nH]c2ccccc12)C(=O)N[C@@H](Cc1c[nH]c2ccccc12)C(=O)N[C@@H](CCCN=C(N)N)C(N)=O)[C@@H](C)CC. The summed E-state index contributed by atoms with van der Waals surface area (Å²) in [6.07, 6.45) is 19.4. The first kappa shape index (κ1) is 76.2. The van der Waals surface area contributed by atoms with Crippen LogP contribution in [0.4, 0.5) is 0 Å². The van der Waals surface area contributed by atoms with Crippen molar-refractivity contribution in [2.45, 2.75) is 224 Å². The Morgan fingerprint density at radius 2 is 0.815 bits per heavy atom. The van der Waals surface area contributed by atoms with Gasteiger partial charge < -0.3 is 87.3 Å². The molecule has 26 heteroatoms. The fourth-order valence-corrected chi connectivity index (χ4v) is 11.1. The van der Waals surface area contributed by atoms with Crippen LogP contribution in [0.1, 0.15) is 180 Å². The molecule has 0 aliphatic carbocycles. The van der Waals surface area contributed by atoms with Gasteiger partial charge in [0, 0.05) is 66.6 Å². The second-order valence-corrected chi connectivity index (χ2v) is 24.1. The molecule has 23 N–H and O–H groups in total. The van der Waals surface area contributed by atoms with Crippen molar-refractivity contribution in [1.82, 2.24) is 47.2 Å². The normalized spacial score (nSPS) is 13.9. The first-order chi connectivity index (χ1) is 44.3. The number of para-hydroxylation sites is 2. The van der Waals surface area contributed by atoms with E-state index in [1.165, 1.54) is 44.9 Å². The summed E-state index contributed by atoms with van der Waals surface area (Å²) in [6.45, 7) is 6.79. The van der Waals surface area contributed by atoms with Gasteiger partial charge in [-0.25, -0.2) is 0 Å². The average Bonchev–Trinajstić information content (AvgIpc) is 1.68. The number of unbranched alkanes of at least 4 members (excludes halogenated alkanes) is 12. The quantitative estimate of drug-likeness (QED) is 0.0171. The van der Waals surface area contributed by atoms with Crippen molar-refractivity contribution in [2.24, 2.45) is 56.0 Å². The molecular weight excluding hydrogens is 1170 g/mol. The Hall–Kier alpha value is -8.26. The van der Waals surface area contributed by atoms with Gasteiger partial charge in [0.25, 0.3) is 0 Å². The van der Waals surface area contributed by atoms with Gasteiger partial charge in [-0.05, 0) is 113 Å². The van der Waals surface area contributed by atoms with Crippen LogP contribution < -0.4 is 77.4 Å². The fraction of sp³-hybridized carbons (Fsp3) is 0.606. The Balaban J connectivity index is 1.62. The van der Waals surface area contributed by atoms with E-state index in [-0.39, 0.29) is 88.8 Å². The highest BCUT2D eigenvalue weighted by molar-refractivity contribution is 5.98. The van der Waals surface area contributed by atoms with E-state index in [4.69, 9.17) is 40.1 Å². The second-order valence-electron chi connectivity index (χ2n) is 24.1. The Morgan fingerprint density at radius 1 is 0.435 bits per heavy atom. The van der Waals surface area contributed by atoms with E-state index in [0.717, 1.165) is 41.1 Å². The van der Waals surface area contributed by atoms with Crippen LogP contribution in [-0.2, 0) is 51.2 Å². The zero-order valence-electron chi connectivity index (χ0n) is 54.6. The van der Waals surface area contributed by atoms with Crippen LogP contribution in [0.15, 0.2) is 70.9 Å². The molecule has 4 rings (SSSR count). The number of hydrogen-bond donors (Lipinski definition) is 16. The molecule has 510 valence electrons. The fourth-order valence-electron chi connectivity index (χ4n) is 11.1. The topological polar surface area (TPSA) is 459 Å². The van der Waals surface area contributed by atoms with Gasteiger partial charge in [-0.15, -0.1) is 0 Å². The number of nitrogens with two attached hydrogens (primary N) is 7. The third-order valence-electron chi connectivity index (χ3n) is 16.6. The summed E-state index contributed by atoms with van der Waals surface area (Å²) >= 11 is 0. The number of guanidine groups is 2. The standard InChI is InChI=1S/C66H108N18O8/c1-4-6-7-8-9-10-11-12-13-14-15-34-56(85)78-51(30-20-22-35-67)61(89)84-57(43(3)5-2)64(92)81-52(31-21-23-36-68)59(87)80-53(33-25-38-75-66(72)73)60(88)82-55(40-45-42-77-49-29-19-17-27-47(45)49)63(91)83-54(39-44-41-76-48-28-18-16-26-46(44)48)62(90)79-50(58(69)86)32-24-37-74-65(70)71/h16-19,26-29,41-43,50-55,57,76-77H,4-15,20-25,30-40,67-68H2,1-3H3,(H2,69,86)(H,78,85)(H,79,90)(H,80,87)(H,81,92)(H,82,88)(H,83,91)(H,84,89)(H4,70,71,74)(H4,72,73,75)/t43-,50-,51-,52-,53-,54-,55-,57-/m0/s1. The number of aromatic nitrogens is 2. The zero-order chi connectivity index (χ0) is 67.2. The third-order valence-corrected chi connectivity index (χ3v) is 16.6. The van der Waals surface area contributed by atoms with E-state index < -0.39 is 89.6 Å². The molecule has 0 spiro atoms. The Labute approximate surface area is 542 Å². The molecular formula is C66H108N18O8. The molecule has 0 bridgehead atoms. The molecule has 2 heterocycles. The zero-order valence-corrected chi connectivity index (χ0v) is 54.6. The van der Waals surface area contributed by atoms with Crippen molar-refractivity contribution in [3.8, 4) is 0 Å². The number of fused-ring (bicyclic) bond motifs is 2. The first-order valence-electron chi connectivity index (χ1n) is 33.3. The summed E-state index contributed by atoms with van der Waals surface area (Å²) in [5, 5.41) is 21.5. The van der Waals surface area contributed by atoms with E-state index in [1.807, 2.05) is 55.5 Å². The molecule has 0 saturated heterocycles. The number of rotatable bonds is 48. The highest BCUT2D eigenvalue weighted by atomic mass is 16.2. The lowest BCUT2D eigenvalue weighted by Crippen LogP contribution is -2.61. The molecule has 0 aliphatic rings. The minimum absolute atomic E-state index is 0.0510. The number of benzene rings is 2. The largest absolute Gasteiger partial charge is 0.370 e. The third kappa shape index (κ3) is 27.7. The van der Waals surface area contributed by atoms with Crippen molar-refractivity contribution < 1.29 is 38.4 Å². The Bertz CT molecular complexity index is 2970. The summed E-state index contributed by atoms with van der Waals surface area (Å²) < 4.78 is 0. The van der Waals surface area contributed by atoms with E-state index in [9.17, 15) is 28.8 Å². The summed E-state index contributed by atoms with van der Waals surface area (Å²) in [6, 6.07) is 6.15. The second kappa shape index (κ2) is 42.7. The number of carbonyl (C=O) groups excluding carboxylic acids is 8. The van der Waals surface area contributed by atoms with Crippen LogP contribution >= 0.6 is 0 Å². The molecule has 0 saturated carbocycles. The molecule has 92 heavy (non-hydrogen) atoms. The number of nitrogens with zero attached hydrogens (tertiary/aromatic N) is 2. The molecule has 0 aliphatic heterocycles. The van der Waals surface area contributed by atoms with Gasteiger partial charge in [0.05, 0.1) is 0 Å². The number of carbonyl (C=O) groups is 8. The molecule has 8 atom stereocenters. The summed E-state index contributed by atoms with van der Waals surface area (Å²) in [7, 11) is 0. The molecule has 0 radical (unpaired) electrons. The van der Waals surface area contributed by atoms with E-state index >= 15 is 9.59 Å². The van der Waals surface area contributed by atoms with Gasteiger partial charge in [-0.3, -0.25) is 48.3 Å². The van der Waals surface area contributed by atoms with Crippen molar-refractivity contribution >= 4 is 81.0 Å². The van der Waals surface area contributed by atoms with Gasteiger partial charge in [-0.1, -0.05) is 128 Å². The van der Waals surface area contributed by atoms with Crippen molar-refractivity contribution in [1.29, 1.82) is 0 Å². The minimum atomic E-state index is -1.41. The number of hydrogen-bond acceptors (Lipinski definition) is 12.